The maximum atomic E-state index is 13.1. The summed E-state index contributed by atoms with van der Waals surface area (Å²) in [5.74, 6) is -1.60. The Balaban J connectivity index is -0.000000668. The van der Waals surface area contributed by atoms with Crippen LogP contribution in [0.3, 0.4) is 0 Å². The first-order chi connectivity index (χ1) is 32.9. The van der Waals surface area contributed by atoms with Gasteiger partial charge >= 0.3 is 48.5 Å². The van der Waals surface area contributed by atoms with Gasteiger partial charge < -0.3 is 48.5 Å². The van der Waals surface area contributed by atoms with Crippen LogP contribution in [0.4, 0.5) is 28.8 Å². The predicted octanol–water partition coefficient (Wildman–Crippen LogP) is 10.8. The van der Waals surface area contributed by atoms with E-state index < -0.39 is 117 Å². The lowest BCUT2D eigenvalue weighted by Gasteiger charge is -2.32. The molecule has 6 amide bonds. The monoisotopic (exact) mass is 1120 g/mol. The number of hydrogen-bond donors (Lipinski definition) is 4. The van der Waals surface area contributed by atoms with Crippen LogP contribution in [0.1, 0.15) is 209 Å². The van der Waals surface area contributed by atoms with E-state index in [-0.39, 0.29) is 67.6 Å². The molecule has 0 saturated carbocycles. The third kappa shape index (κ3) is 33.2. The summed E-state index contributed by atoms with van der Waals surface area (Å²) in [5.41, 5.74) is -6.51. The molecule has 0 bridgehead atoms. The third-order valence-electron chi connectivity index (χ3n) is 8.28. The number of carbonyl (C=O) groups is 8. The van der Waals surface area contributed by atoms with Crippen molar-refractivity contribution >= 4 is 60.4 Å². The van der Waals surface area contributed by atoms with Gasteiger partial charge in [0.15, 0.2) is 0 Å². The Morgan fingerprint density at radius 2 is 0.603 bits per heavy atom. The minimum atomic E-state index is -1.18. The number of hydrogen-bond acceptors (Lipinski definition) is 18. The van der Waals surface area contributed by atoms with Crippen molar-refractivity contribution in [1.82, 2.24) is 31.1 Å². The second kappa shape index (κ2) is 29.8. The number of carbonyl (C=O) groups excluding carboxylic acids is 8. The van der Waals surface area contributed by atoms with Crippen LogP contribution >= 0.6 is 0 Å². The van der Waals surface area contributed by atoms with E-state index in [1.54, 1.807) is 166 Å². The molecule has 0 aromatic carbocycles. The van der Waals surface area contributed by atoms with Crippen LogP contribution in [0.15, 0.2) is 9.98 Å². The lowest BCUT2D eigenvalue weighted by Crippen LogP contribution is -2.54. The topological polar surface area (TPSA) is 290 Å². The molecule has 2 heterocycles. The molecule has 0 spiro atoms. The van der Waals surface area contributed by atoms with Crippen LogP contribution in [0.2, 0.25) is 0 Å². The number of rotatable bonds is 8. The smallest absolute Gasteiger partial charge is 0.417 e. The van der Waals surface area contributed by atoms with Gasteiger partial charge in [0.1, 0.15) is 56.9 Å². The minimum absolute atomic E-state index is 0. The molecule has 0 fully saturated rings. The quantitative estimate of drug-likeness (QED) is 0.130. The molecule has 1 unspecified atom stereocenters. The van der Waals surface area contributed by atoms with Crippen molar-refractivity contribution in [3.8, 4) is 0 Å². The SMILES string of the molecule is C.C.C.C.CC(C)(C)OC(=O)NC1=NCC(C[C@H](NC(=O)OC(C)(C)C)C(=O)OC(C)(C)C)N1C(=O)OC(C)(C)C.CC(C)(C)OC(=O)NC1=NC[C@@H](C[C@H](NC(=O)OC(C)(C)C)C(=O)OC(C)(C)C)N1C(=O)OC(C)(C)C. The highest BCUT2D eigenvalue weighted by molar-refractivity contribution is 6.03. The Bertz CT molecular complexity index is 1920. The molecule has 0 aromatic heterocycles. The minimum Gasteiger partial charge on any atom is -0.458 e. The van der Waals surface area contributed by atoms with Crippen molar-refractivity contribution in [2.24, 2.45) is 9.98 Å². The lowest BCUT2D eigenvalue weighted by molar-refractivity contribution is -0.158. The molecule has 2 rings (SSSR count). The lowest BCUT2D eigenvalue weighted by atomic mass is 10.1. The van der Waals surface area contributed by atoms with Gasteiger partial charge in [-0.05, 0) is 166 Å². The van der Waals surface area contributed by atoms with Gasteiger partial charge in [0.2, 0.25) is 11.9 Å². The molecule has 4 atom stereocenters. The Morgan fingerprint density at radius 3 is 0.821 bits per heavy atom. The number of guanidine groups is 2. The summed E-state index contributed by atoms with van der Waals surface area (Å²) in [6.07, 6.45) is -5.01. The largest absolute Gasteiger partial charge is 0.458 e. The average molecular weight is 1120 g/mol. The van der Waals surface area contributed by atoms with Crippen molar-refractivity contribution < 1.29 is 76.3 Å². The maximum absolute atomic E-state index is 13.1. The molecule has 4 N–H and O–H groups in total. The third-order valence-corrected chi connectivity index (χ3v) is 8.28. The molecular formula is C54H104N8O16. The van der Waals surface area contributed by atoms with Gasteiger partial charge in [-0.3, -0.25) is 20.6 Å². The zero-order valence-electron chi connectivity index (χ0n) is 48.5. The molecule has 0 saturated heterocycles. The van der Waals surface area contributed by atoms with E-state index in [0.717, 1.165) is 9.80 Å². The Labute approximate surface area is 467 Å². The number of esters is 2. The first-order valence-electron chi connectivity index (χ1n) is 24.5. The van der Waals surface area contributed by atoms with E-state index in [4.69, 9.17) is 37.9 Å². The van der Waals surface area contributed by atoms with Crippen molar-refractivity contribution in [3.63, 3.8) is 0 Å². The highest BCUT2D eigenvalue weighted by atomic mass is 16.6. The molecule has 0 radical (unpaired) electrons. The van der Waals surface area contributed by atoms with Crippen LogP contribution in [-0.4, -0.2) is 152 Å². The van der Waals surface area contributed by atoms with E-state index in [1.165, 1.54) is 0 Å². The molecule has 78 heavy (non-hydrogen) atoms. The van der Waals surface area contributed by atoms with Gasteiger partial charge in [-0.25, -0.2) is 48.2 Å². The van der Waals surface area contributed by atoms with Crippen LogP contribution in [0.5, 0.6) is 0 Å². The van der Waals surface area contributed by atoms with E-state index >= 15 is 0 Å². The van der Waals surface area contributed by atoms with Crippen molar-refractivity contribution in [3.05, 3.63) is 0 Å². The zero-order valence-corrected chi connectivity index (χ0v) is 48.5. The molecular weight excluding hydrogens is 1020 g/mol. The molecule has 2 aliphatic heterocycles. The van der Waals surface area contributed by atoms with Crippen LogP contribution in [0, 0.1) is 0 Å². The molecule has 0 aliphatic carbocycles. The second-order valence-electron chi connectivity index (χ2n) is 25.5. The maximum Gasteiger partial charge on any atom is 0.417 e. The summed E-state index contributed by atoms with van der Waals surface area (Å²) in [5, 5.41) is 10.0. The number of alkyl carbamates (subject to hydrolysis) is 4. The first kappa shape index (κ1) is 78.4. The molecule has 0 aromatic rings. The predicted molar refractivity (Wildman–Crippen MR) is 301 cm³/mol. The first-order valence-corrected chi connectivity index (χ1v) is 24.5. The van der Waals surface area contributed by atoms with Gasteiger partial charge in [-0.15, -0.1) is 0 Å². The van der Waals surface area contributed by atoms with Crippen LogP contribution in [0.25, 0.3) is 0 Å². The van der Waals surface area contributed by atoms with Crippen molar-refractivity contribution in [1.29, 1.82) is 0 Å². The van der Waals surface area contributed by atoms with Gasteiger partial charge in [0.05, 0.1) is 25.2 Å². The Kier molecular flexibility index (Phi) is 29.9. The molecule has 24 nitrogen and oxygen atoms in total. The fourth-order valence-electron chi connectivity index (χ4n) is 6.11. The Hall–Kier alpha value is -6.10. The highest BCUT2D eigenvalue weighted by Gasteiger charge is 2.43. The summed E-state index contributed by atoms with van der Waals surface area (Å²) in [6.45, 7) is 40.8. The number of amides is 6. The summed E-state index contributed by atoms with van der Waals surface area (Å²) < 4.78 is 43.2. The van der Waals surface area contributed by atoms with Crippen LogP contribution < -0.4 is 21.3 Å². The van der Waals surface area contributed by atoms with E-state index in [2.05, 4.69) is 31.3 Å². The summed E-state index contributed by atoms with van der Waals surface area (Å²) >= 11 is 0. The zero-order chi connectivity index (χ0) is 58.0. The van der Waals surface area contributed by atoms with E-state index in [1.807, 2.05) is 0 Å². The van der Waals surface area contributed by atoms with E-state index in [9.17, 15) is 38.4 Å². The normalized spacial score (nSPS) is 16.5. The van der Waals surface area contributed by atoms with Gasteiger partial charge in [0, 0.05) is 12.8 Å². The molecule has 2 aliphatic rings. The van der Waals surface area contributed by atoms with Crippen molar-refractivity contribution in [2.75, 3.05) is 13.1 Å². The summed E-state index contributed by atoms with van der Waals surface area (Å²) in [4.78, 5) is 113. The number of aliphatic imine (C=N–C) groups is 2. The summed E-state index contributed by atoms with van der Waals surface area (Å²) in [7, 11) is 0. The number of nitrogens with one attached hydrogen (secondary N) is 4. The van der Waals surface area contributed by atoms with Crippen LogP contribution in [-0.2, 0) is 47.5 Å². The highest BCUT2D eigenvalue weighted by Crippen LogP contribution is 2.24. The van der Waals surface area contributed by atoms with E-state index in [0.29, 0.717) is 0 Å². The standard InChI is InChI=1S/2C25H44N4O8.4CH4/c2*1-22(2,3)34-17(30)16(27-19(31)35-23(4,5)6)13-15-14-26-18(28-20(32)36-24(7,8)9)29(15)21(33)37-25(10,11)12;;;;/h2*15-16H,13-14H2,1-12H3,(H,27,31)(H,26,28,32);4*1H4/t15?,16-;15-,16+;;;;/m01..../s1. The fraction of sp³-hybridized carbons (Fsp3) is 0.815. The molecule has 456 valence electrons. The number of ether oxygens (including phenoxy) is 8. The Morgan fingerprint density at radius 1 is 0.385 bits per heavy atom. The van der Waals surface area contributed by atoms with Gasteiger partial charge in [-0.2, -0.15) is 0 Å². The second-order valence-corrected chi connectivity index (χ2v) is 25.5. The van der Waals surface area contributed by atoms with Gasteiger partial charge in [-0.1, -0.05) is 29.7 Å². The number of nitrogens with zero attached hydrogens (tertiary/aromatic N) is 4. The van der Waals surface area contributed by atoms with Gasteiger partial charge in [0.25, 0.3) is 0 Å². The molecule has 24 heteroatoms. The van der Waals surface area contributed by atoms with Crippen molar-refractivity contribution in [2.45, 2.75) is 278 Å². The fourth-order valence-corrected chi connectivity index (χ4v) is 6.11. The summed E-state index contributed by atoms with van der Waals surface area (Å²) in [6, 6.07) is -3.88. The average Bonchev–Trinajstić information content (AvgIpc) is 3.67.